The van der Waals surface area contributed by atoms with Gasteiger partial charge in [-0.2, -0.15) is 5.10 Å². The number of carbonyl (C=O) groups excluding carboxylic acids is 1. The van der Waals surface area contributed by atoms with Crippen molar-refractivity contribution in [2.24, 2.45) is 11.8 Å². The van der Waals surface area contributed by atoms with Gasteiger partial charge in [-0.1, -0.05) is 12.2 Å². The summed E-state index contributed by atoms with van der Waals surface area (Å²) in [7, 11) is 2.11. The Kier molecular flexibility index (Phi) is 7.95. The Morgan fingerprint density at radius 3 is 2.89 bits per heavy atom. The Labute approximate surface area is 217 Å². The van der Waals surface area contributed by atoms with Crippen LogP contribution in [0.3, 0.4) is 0 Å². The minimum atomic E-state index is -0.210. The minimum absolute atomic E-state index is 0.0485. The summed E-state index contributed by atoms with van der Waals surface area (Å²) in [6.45, 7) is 6.10. The number of hydrogen-bond donors (Lipinski definition) is 2. The second-order valence-electron chi connectivity index (χ2n) is 10.3. The smallest absolute Gasteiger partial charge is 0.226 e. The van der Waals surface area contributed by atoms with Crippen molar-refractivity contribution in [1.29, 1.82) is 0 Å². The van der Waals surface area contributed by atoms with Crippen LogP contribution >= 0.6 is 0 Å². The van der Waals surface area contributed by atoms with E-state index in [0.29, 0.717) is 37.8 Å². The molecule has 5 rings (SSSR count). The highest BCUT2D eigenvalue weighted by atomic mass is 19.1. The number of allylic oxidation sites excluding steroid dienone is 2. The maximum atomic E-state index is 14.6. The maximum absolute atomic E-state index is 14.6. The average Bonchev–Trinajstić information content (AvgIpc) is 3.41. The number of piperidine rings is 1. The lowest BCUT2D eigenvalue weighted by Gasteiger charge is -2.34. The Balaban J connectivity index is 1.29. The van der Waals surface area contributed by atoms with E-state index in [2.05, 4.69) is 43.5 Å². The molecule has 4 aliphatic rings. The standard InChI is InChI=1S/C27H36FN7O2/c1-18-22(19-7-12-35(13-8-19)26(36)20-5-10-34(2)11-6-20)15-29-27(31-17-32-33-18)30-16-23-21-9-14-37-25(21)4-3-24(23)28/h3-4,7,15,17,20-21,25H,5-6,8-14,16H2,1-2H3,(H2,29,30,31,32). The molecular weight excluding hydrogens is 473 g/mol. The summed E-state index contributed by atoms with van der Waals surface area (Å²) < 4.78 is 20.3. The van der Waals surface area contributed by atoms with Crippen molar-refractivity contribution in [2.75, 3.05) is 51.7 Å². The molecule has 198 valence electrons. The first kappa shape index (κ1) is 25.5. The molecule has 0 saturated carbocycles. The van der Waals surface area contributed by atoms with Gasteiger partial charge in [-0.15, -0.1) is 5.10 Å². The van der Waals surface area contributed by atoms with Crippen LogP contribution < -0.4 is 5.32 Å². The molecule has 2 N–H and O–H groups in total. The molecule has 1 amide bonds. The zero-order valence-electron chi connectivity index (χ0n) is 21.6. The SMILES string of the molecule is Cc1nnc[nH]c(NCC2=C(F)C=CC3OCCC23)ncc1C1=CCN(C(=O)C2CCN(C)CC2)CC1. The van der Waals surface area contributed by atoms with Crippen LogP contribution in [0.25, 0.3) is 5.57 Å². The van der Waals surface area contributed by atoms with Crippen molar-refractivity contribution in [2.45, 2.75) is 38.7 Å². The van der Waals surface area contributed by atoms with E-state index in [0.717, 1.165) is 55.6 Å². The Morgan fingerprint density at radius 1 is 1.27 bits per heavy atom. The molecule has 0 radical (unpaired) electrons. The van der Waals surface area contributed by atoms with Crippen LogP contribution in [0.15, 0.2) is 42.2 Å². The first-order chi connectivity index (χ1) is 18.0. The molecule has 0 aromatic carbocycles. The quantitative estimate of drug-likeness (QED) is 0.629. The zero-order valence-corrected chi connectivity index (χ0v) is 21.6. The van der Waals surface area contributed by atoms with Gasteiger partial charge in [0.05, 0.1) is 11.8 Å². The van der Waals surface area contributed by atoms with Crippen LogP contribution in [0.5, 0.6) is 0 Å². The van der Waals surface area contributed by atoms with Crippen LogP contribution in [0.1, 0.15) is 36.9 Å². The minimum Gasteiger partial charge on any atom is -0.373 e. The lowest BCUT2D eigenvalue weighted by molar-refractivity contribution is -0.136. The van der Waals surface area contributed by atoms with Crippen LogP contribution in [0, 0.1) is 18.8 Å². The van der Waals surface area contributed by atoms with Crippen molar-refractivity contribution in [3.05, 3.63) is 53.4 Å². The van der Waals surface area contributed by atoms with Crippen molar-refractivity contribution in [3.8, 4) is 0 Å². The monoisotopic (exact) mass is 509 g/mol. The number of fused-ring (bicyclic) bond motifs is 1. The van der Waals surface area contributed by atoms with E-state index in [4.69, 9.17) is 4.74 Å². The average molecular weight is 510 g/mol. The zero-order chi connectivity index (χ0) is 25.8. The normalized spacial score (nSPS) is 24.5. The molecule has 2 saturated heterocycles. The third kappa shape index (κ3) is 5.91. The van der Waals surface area contributed by atoms with Crippen molar-refractivity contribution in [3.63, 3.8) is 0 Å². The molecule has 4 heterocycles. The molecule has 2 atom stereocenters. The Bertz CT molecular complexity index is 1150. The van der Waals surface area contributed by atoms with Gasteiger partial charge in [0.1, 0.15) is 12.2 Å². The highest BCUT2D eigenvalue weighted by Crippen LogP contribution is 2.35. The fraction of sp³-hybridized carbons (Fsp3) is 0.556. The number of nitrogens with one attached hydrogen (secondary N) is 2. The van der Waals surface area contributed by atoms with E-state index >= 15 is 0 Å². The third-order valence-corrected chi connectivity index (χ3v) is 7.88. The van der Waals surface area contributed by atoms with Crippen molar-refractivity contribution >= 4 is 17.4 Å². The largest absolute Gasteiger partial charge is 0.373 e. The number of aromatic nitrogens is 4. The Hall–Kier alpha value is -3.11. The van der Waals surface area contributed by atoms with E-state index in [-0.39, 0.29) is 29.7 Å². The Morgan fingerprint density at radius 2 is 2.11 bits per heavy atom. The van der Waals surface area contributed by atoms with Gasteiger partial charge in [0, 0.05) is 49.8 Å². The van der Waals surface area contributed by atoms with Crippen LogP contribution in [-0.2, 0) is 9.53 Å². The summed E-state index contributed by atoms with van der Waals surface area (Å²) >= 11 is 0. The maximum Gasteiger partial charge on any atom is 0.226 e. The second-order valence-corrected chi connectivity index (χ2v) is 10.3. The molecule has 0 bridgehead atoms. The summed E-state index contributed by atoms with van der Waals surface area (Å²) in [5.41, 5.74) is 3.45. The lowest BCUT2D eigenvalue weighted by Crippen LogP contribution is -2.43. The topological polar surface area (TPSA) is 99.3 Å². The first-order valence-electron chi connectivity index (χ1n) is 13.2. The van der Waals surface area contributed by atoms with Gasteiger partial charge in [-0.05, 0) is 70.0 Å². The predicted octanol–water partition coefficient (Wildman–Crippen LogP) is 3.20. The number of amides is 1. The van der Waals surface area contributed by atoms with Gasteiger partial charge < -0.3 is 24.8 Å². The second kappa shape index (κ2) is 11.5. The molecular formula is C27H36FN7O2. The number of ether oxygens (including phenoxy) is 1. The van der Waals surface area contributed by atoms with Gasteiger partial charge in [0.25, 0.3) is 0 Å². The molecule has 1 aromatic rings. The van der Waals surface area contributed by atoms with Crippen molar-refractivity contribution < 1.29 is 13.9 Å². The molecule has 1 aliphatic carbocycles. The molecule has 2 fully saturated rings. The number of likely N-dealkylation sites (tertiary alicyclic amines) is 1. The summed E-state index contributed by atoms with van der Waals surface area (Å²) in [5.74, 6) is 0.699. The highest BCUT2D eigenvalue weighted by Gasteiger charge is 2.33. The number of H-pyrrole nitrogens is 1. The fourth-order valence-electron chi connectivity index (χ4n) is 5.59. The van der Waals surface area contributed by atoms with Crippen LogP contribution in [-0.4, -0.2) is 88.4 Å². The van der Waals surface area contributed by atoms with Crippen LogP contribution in [0.4, 0.5) is 10.3 Å². The summed E-state index contributed by atoms with van der Waals surface area (Å²) in [5, 5.41) is 11.6. The molecule has 2 unspecified atom stereocenters. The number of anilines is 1. The van der Waals surface area contributed by atoms with E-state index in [1.807, 2.05) is 11.8 Å². The van der Waals surface area contributed by atoms with Gasteiger partial charge in [0.15, 0.2) is 0 Å². The van der Waals surface area contributed by atoms with E-state index in [1.54, 1.807) is 12.3 Å². The number of carbonyl (C=O) groups is 1. The summed E-state index contributed by atoms with van der Waals surface area (Å²) in [6.07, 6.45) is 12.0. The number of halogens is 1. The molecule has 0 spiro atoms. The number of aryl methyl sites for hydroxylation is 1. The van der Waals surface area contributed by atoms with Gasteiger partial charge in [0.2, 0.25) is 11.9 Å². The van der Waals surface area contributed by atoms with Crippen LogP contribution in [0.2, 0.25) is 0 Å². The van der Waals surface area contributed by atoms with E-state index < -0.39 is 0 Å². The van der Waals surface area contributed by atoms with Gasteiger partial charge >= 0.3 is 0 Å². The number of nitrogens with zero attached hydrogens (tertiary/aromatic N) is 5. The fourth-order valence-corrected chi connectivity index (χ4v) is 5.59. The van der Waals surface area contributed by atoms with E-state index in [9.17, 15) is 9.18 Å². The third-order valence-electron chi connectivity index (χ3n) is 7.88. The van der Waals surface area contributed by atoms with E-state index in [1.165, 1.54) is 12.4 Å². The summed E-state index contributed by atoms with van der Waals surface area (Å²) in [6, 6.07) is 0. The number of aromatic amines is 1. The molecule has 9 nitrogen and oxygen atoms in total. The molecule has 1 aromatic heterocycles. The molecule has 10 heteroatoms. The van der Waals surface area contributed by atoms with Gasteiger partial charge in [-0.3, -0.25) is 4.79 Å². The molecule has 37 heavy (non-hydrogen) atoms. The predicted molar refractivity (Wildman–Crippen MR) is 140 cm³/mol. The number of hydrogen-bond acceptors (Lipinski definition) is 7. The van der Waals surface area contributed by atoms with Gasteiger partial charge in [-0.25, -0.2) is 9.37 Å². The number of rotatable bonds is 5. The molecule has 3 aliphatic heterocycles. The summed E-state index contributed by atoms with van der Waals surface area (Å²) in [4.78, 5) is 24.9. The van der Waals surface area contributed by atoms with Crippen molar-refractivity contribution in [1.82, 2.24) is 30.0 Å². The first-order valence-corrected chi connectivity index (χ1v) is 13.2. The lowest BCUT2D eigenvalue weighted by atomic mass is 9.88. The highest BCUT2D eigenvalue weighted by molar-refractivity contribution is 5.80.